The smallest absolute Gasteiger partial charge is 0.324 e. The van der Waals surface area contributed by atoms with E-state index in [2.05, 4.69) is 9.46 Å². The van der Waals surface area contributed by atoms with Gasteiger partial charge in [-0.3, -0.25) is 4.79 Å². The summed E-state index contributed by atoms with van der Waals surface area (Å²) in [6, 6.07) is -0.786. The molecular weight excluding hydrogens is 242 g/mol. The van der Waals surface area contributed by atoms with E-state index < -0.39 is 22.0 Å². The molecule has 1 atom stereocenters. The molecule has 0 aromatic carbocycles. The van der Waals surface area contributed by atoms with Crippen LogP contribution in [0.5, 0.6) is 0 Å². The number of rotatable bonds is 5. The standard InChI is InChI=1S/C11H21NO4S/c1-8(2)10(11(13)16-3)12-17(14,15)9-6-4-5-7-9/h8-10,12H,4-7H2,1-3H3. The topological polar surface area (TPSA) is 72.5 Å². The highest BCUT2D eigenvalue weighted by molar-refractivity contribution is 7.90. The van der Waals surface area contributed by atoms with Gasteiger partial charge in [0, 0.05) is 0 Å². The molecule has 0 amide bonds. The molecule has 0 aliphatic heterocycles. The second kappa shape index (κ2) is 5.82. The molecule has 17 heavy (non-hydrogen) atoms. The summed E-state index contributed by atoms with van der Waals surface area (Å²) in [4.78, 5) is 11.5. The molecule has 0 heterocycles. The maximum atomic E-state index is 12.0. The molecule has 1 unspecified atom stereocenters. The minimum Gasteiger partial charge on any atom is -0.468 e. The summed E-state index contributed by atoms with van der Waals surface area (Å²) in [7, 11) is -2.14. The van der Waals surface area contributed by atoms with E-state index in [1.54, 1.807) is 13.8 Å². The van der Waals surface area contributed by atoms with Crippen molar-refractivity contribution in [1.29, 1.82) is 0 Å². The van der Waals surface area contributed by atoms with E-state index in [0.29, 0.717) is 12.8 Å². The Bertz CT molecular complexity index is 358. The fourth-order valence-corrected chi connectivity index (χ4v) is 3.92. The van der Waals surface area contributed by atoms with Crippen molar-refractivity contribution in [3.05, 3.63) is 0 Å². The van der Waals surface area contributed by atoms with Gasteiger partial charge in [0.25, 0.3) is 0 Å². The van der Waals surface area contributed by atoms with E-state index in [4.69, 9.17) is 0 Å². The Hall–Kier alpha value is -0.620. The Kier molecular flexibility index (Phi) is 4.94. The third-order valence-electron chi connectivity index (χ3n) is 3.15. The molecule has 1 aliphatic rings. The number of nitrogens with one attached hydrogen (secondary N) is 1. The lowest BCUT2D eigenvalue weighted by Crippen LogP contribution is -2.47. The Morgan fingerprint density at radius 3 is 2.24 bits per heavy atom. The molecule has 1 rings (SSSR count). The van der Waals surface area contributed by atoms with Crippen molar-refractivity contribution in [2.75, 3.05) is 7.11 Å². The van der Waals surface area contributed by atoms with Crippen LogP contribution in [0.2, 0.25) is 0 Å². The van der Waals surface area contributed by atoms with E-state index >= 15 is 0 Å². The quantitative estimate of drug-likeness (QED) is 0.752. The van der Waals surface area contributed by atoms with E-state index in [9.17, 15) is 13.2 Å². The van der Waals surface area contributed by atoms with Gasteiger partial charge in [-0.25, -0.2) is 13.1 Å². The molecule has 100 valence electrons. The van der Waals surface area contributed by atoms with Gasteiger partial charge in [-0.15, -0.1) is 0 Å². The Balaban J connectivity index is 2.75. The average Bonchev–Trinajstić information content (AvgIpc) is 2.78. The Morgan fingerprint density at radius 2 is 1.82 bits per heavy atom. The fraction of sp³-hybridized carbons (Fsp3) is 0.909. The van der Waals surface area contributed by atoms with Gasteiger partial charge < -0.3 is 4.74 Å². The van der Waals surface area contributed by atoms with Crippen LogP contribution in [-0.2, 0) is 19.6 Å². The molecule has 0 aromatic rings. The van der Waals surface area contributed by atoms with Crippen molar-refractivity contribution in [3.63, 3.8) is 0 Å². The normalized spacial score (nSPS) is 19.5. The van der Waals surface area contributed by atoms with Crippen molar-refractivity contribution in [1.82, 2.24) is 4.72 Å². The molecule has 1 aliphatic carbocycles. The Morgan fingerprint density at radius 1 is 1.29 bits per heavy atom. The molecule has 1 N–H and O–H groups in total. The summed E-state index contributed by atoms with van der Waals surface area (Å²) in [5.41, 5.74) is 0. The Labute approximate surface area is 103 Å². The van der Waals surface area contributed by atoms with E-state index in [1.807, 2.05) is 0 Å². The first kappa shape index (κ1) is 14.4. The first-order valence-corrected chi connectivity index (χ1v) is 7.52. The first-order valence-electron chi connectivity index (χ1n) is 5.97. The van der Waals surface area contributed by atoms with E-state index in [0.717, 1.165) is 12.8 Å². The average molecular weight is 263 g/mol. The van der Waals surface area contributed by atoms with Gasteiger partial charge >= 0.3 is 5.97 Å². The lowest BCUT2D eigenvalue weighted by atomic mass is 10.1. The lowest BCUT2D eigenvalue weighted by molar-refractivity contribution is -0.143. The van der Waals surface area contributed by atoms with Gasteiger partial charge in [-0.1, -0.05) is 26.7 Å². The van der Waals surface area contributed by atoms with Crippen LogP contribution in [0.1, 0.15) is 39.5 Å². The van der Waals surface area contributed by atoms with Gasteiger partial charge in [0.1, 0.15) is 6.04 Å². The number of hydrogen-bond acceptors (Lipinski definition) is 4. The largest absolute Gasteiger partial charge is 0.468 e. The fourth-order valence-electron chi connectivity index (χ4n) is 2.06. The molecule has 1 saturated carbocycles. The van der Waals surface area contributed by atoms with Crippen molar-refractivity contribution < 1.29 is 17.9 Å². The highest BCUT2D eigenvalue weighted by atomic mass is 32.2. The zero-order valence-electron chi connectivity index (χ0n) is 10.6. The highest BCUT2D eigenvalue weighted by Gasteiger charge is 2.34. The van der Waals surface area contributed by atoms with E-state index in [1.165, 1.54) is 7.11 Å². The molecule has 5 nitrogen and oxygen atoms in total. The van der Waals surface area contributed by atoms with Crippen molar-refractivity contribution in [2.45, 2.75) is 50.8 Å². The van der Waals surface area contributed by atoms with E-state index in [-0.39, 0.29) is 11.2 Å². The molecule has 0 aromatic heterocycles. The summed E-state index contributed by atoms with van der Waals surface area (Å²) < 4.78 is 31.2. The summed E-state index contributed by atoms with van der Waals surface area (Å²) >= 11 is 0. The molecule has 0 spiro atoms. The maximum Gasteiger partial charge on any atom is 0.324 e. The minimum absolute atomic E-state index is 0.126. The van der Waals surface area contributed by atoms with Gasteiger partial charge in [0.2, 0.25) is 10.0 Å². The third kappa shape index (κ3) is 3.67. The summed E-state index contributed by atoms with van der Waals surface area (Å²) in [5, 5.41) is -0.353. The van der Waals surface area contributed by atoms with Crippen LogP contribution in [0.3, 0.4) is 0 Å². The zero-order valence-corrected chi connectivity index (χ0v) is 11.4. The zero-order chi connectivity index (χ0) is 13.1. The monoisotopic (exact) mass is 263 g/mol. The number of hydrogen-bond donors (Lipinski definition) is 1. The predicted octanol–water partition coefficient (Wildman–Crippen LogP) is 1.05. The number of ether oxygens (including phenoxy) is 1. The first-order chi connectivity index (χ1) is 7.88. The number of methoxy groups -OCH3 is 1. The van der Waals surface area contributed by atoms with Gasteiger partial charge in [-0.2, -0.15) is 0 Å². The van der Waals surface area contributed by atoms with Crippen LogP contribution in [0.25, 0.3) is 0 Å². The number of esters is 1. The SMILES string of the molecule is COC(=O)C(NS(=O)(=O)C1CCCC1)C(C)C. The number of carbonyl (C=O) groups excluding carboxylic acids is 1. The van der Waals surface area contributed by atoms with Crippen molar-refractivity contribution in [3.8, 4) is 0 Å². The maximum absolute atomic E-state index is 12.0. The third-order valence-corrected chi connectivity index (χ3v) is 5.09. The molecule has 0 bridgehead atoms. The molecule has 1 fully saturated rings. The van der Waals surface area contributed by atoms with Crippen molar-refractivity contribution in [2.24, 2.45) is 5.92 Å². The van der Waals surface area contributed by atoms with Crippen molar-refractivity contribution >= 4 is 16.0 Å². The predicted molar refractivity (Wildman–Crippen MR) is 65.0 cm³/mol. The second-order valence-electron chi connectivity index (χ2n) is 4.81. The van der Waals surface area contributed by atoms with Gasteiger partial charge in [0.15, 0.2) is 0 Å². The van der Waals surface area contributed by atoms with Crippen LogP contribution in [0, 0.1) is 5.92 Å². The molecule has 0 radical (unpaired) electrons. The van der Waals surface area contributed by atoms with Crippen LogP contribution in [0.4, 0.5) is 0 Å². The molecular formula is C11H21NO4S. The van der Waals surface area contributed by atoms with Crippen LogP contribution < -0.4 is 4.72 Å². The van der Waals surface area contributed by atoms with Crippen LogP contribution >= 0.6 is 0 Å². The number of sulfonamides is 1. The second-order valence-corrected chi connectivity index (χ2v) is 6.81. The molecule has 6 heteroatoms. The van der Waals surface area contributed by atoms with Crippen LogP contribution in [-0.4, -0.2) is 32.8 Å². The van der Waals surface area contributed by atoms with Crippen LogP contribution in [0.15, 0.2) is 0 Å². The summed E-state index contributed by atoms with van der Waals surface area (Å²) in [5.74, 6) is -0.653. The lowest BCUT2D eigenvalue weighted by Gasteiger charge is -2.22. The van der Waals surface area contributed by atoms with Gasteiger partial charge in [-0.05, 0) is 18.8 Å². The summed E-state index contributed by atoms with van der Waals surface area (Å²) in [6.07, 6.45) is 3.24. The number of carbonyl (C=O) groups is 1. The highest BCUT2D eigenvalue weighted by Crippen LogP contribution is 2.24. The van der Waals surface area contributed by atoms with Gasteiger partial charge in [0.05, 0.1) is 12.4 Å². The minimum atomic E-state index is -3.41. The molecule has 0 saturated heterocycles. The summed E-state index contributed by atoms with van der Waals surface area (Å²) in [6.45, 7) is 3.58.